The van der Waals surface area contributed by atoms with Gasteiger partial charge in [-0.15, -0.1) is 0 Å². The summed E-state index contributed by atoms with van der Waals surface area (Å²) < 4.78 is 5.05. The molecule has 3 amide bonds. The standard InChI is InChI=1S/C20H40N2O3.C5H7NO3/c1-3-5-6-7-8-9-10-11-12-16-19(23)22-18(15-13-14-17-21)20(24)25-4-2;7-4-2-1-3-6(4)5(8)9/h18H,3-17,21H2,1-2H3,(H,22,23);1-3H2,(H,8,9)/t18-;/m0./s1. The molecule has 9 nitrogen and oxygen atoms in total. The van der Waals surface area contributed by atoms with Crippen LogP contribution in [0.25, 0.3) is 0 Å². The molecule has 0 aromatic heterocycles. The van der Waals surface area contributed by atoms with E-state index in [1.807, 2.05) is 0 Å². The maximum Gasteiger partial charge on any atom is 0.414 e. The molecule has 4 N–H and O–H groups in total. The summed E-state index contributed by atoms with van der Waals surface area (Å²) >= 11 is 0. The van der Waals surface area contributed by atoms with Crippen LogP contribution >= 0.6 is 0 Å². The van der Waals surface area contributed by atoms with Crippen LogP contribution in [0.15, 0.2) is 0 Å². The number of unbranched alkanes of at least 4 members (excludes halogenated alkanes) is 9. The molecule has 0 spiro atoms. The van der Waals surface area contributed by atoms with Crippen LogP contribution in [-0.2, 0) is 19.1 Å². The van der Waals surface area contributed by atoms with Gasteiger partial charge >= 0.3 is 12.1 Å². The average Bonchev–Trinajstić information content (AvgIpc) is 3.24. The van der Waals surface area contributed by atoms with Gasteiger partial charge < -0.3 is 20.9 Å². The number of carbonyl (C=O) groups is 4. The molecule has 0 radical (unpaired) electrons. The Morgan fingerprint density at radius 3 is 2.09 bits per heavy atom. The van der Waals surface area contributed by atoms with Crippen LogP contribution in [0.1, 0.15) is 110 Å². The average molecular weight is 486 g/mol. The van der Waals surface area contributed by atoms with Crippen molar-refractivity contribution in [1.82, 2.24) is 10.2 Å². The number of hydrogen-bond donors (Lipinski definition) is 3. The summed E-state index contributed by atoms with van der Waals surface area (Å²) in [4.78, 5) is 45.5. The number of likely N-dealkylation sites (tertiary alicyclic amines) is 1. The Kier molecular flexibility index (Phi) is 20.0. The van der Waals surface area contributed by atoms with Gasteiger partial charge in [0.25, 0.3) is 0 Å². The van der Waals surface area contributed by atoms with Gasteiger partial charge in [0, 0.05) is 19.4 Å². The highest BCUT2D eigenvalue weighted by atomic mass is 16.5. The lowest BCUT2D eigenvalue weighted by Crippen LogP contribution is -2.41. The topological polar surface area (TPSA) is 139 Å². The Labute approximate surface area is 205 Å². The molecule has 1 saturated heterocycles. The highest BCUT2D eigenvalue weighted by molar-refractivity contribution is 5.92. The summed E-state index contributed by atoms with van der Waals surface area (Å²) in [5.41, 5.74) is 5.49. The van der Waals surface area contributed by atoms with Crippen molar-refractivity contribution < 1.29 is 29.0 Å². The molecule has 0 aliphatic carbocycles. The number of nitrogens with two attached hydrogens (primary N) is 1. The first-order valence-corrected chi connectivity index (χ1v) is 13.1. The molecule has 1 heterocycles. The predicted molar refractivity (Wildman–Crippen MR) is 132 cm³/mol. The number of esters is 1. The molecule has 0 aromatic rings. The lowest BCUT2D eigenvalue weighted by atomic mass is 10.1. The molecule has 1 aliphatic rings. The molecule has 34 heavy (non-hydrogen) atoms. The highest BCUT2D eigenvalue weighted by Crippen LogP contribution is 2.11. The van der Waals surface area contributed by atoms with Gasteiger partial charge in [0.05, 0.1) is 6.61 Å². The molecule has 198 valence electrons. The van der Waals surface area contributed by atoms with Gasteiger partial charge in [0.15, 0.2) is 0 Å². The normalized spacial score (nSPS) is 13.7. The molecule has 0 saturated carbocycles. The van der Waals surface area contributed by atoms with E-state index in [-0.39, 0.29) is 17.8 Å². The second kappa shape index (κ2) is 21.4. The van der Waals surface area contributed by atoms with Crippen LogP contribution in [0.2, 0.25) is 0 Å². The lowest BCUT2D eigenvalue weighted by molar-refractivity contribution is -0.147. The minimum Gasteiger partial charge on any atom is -0.465 e. The van der Waals surface area contributed by atoms with Crippen molar-refractivity contribution in [2.24, 2.45) is 5.73 Å². The van der Waals surface area contributed by atoms with Crippen molar-refractivity contribution in [2.45, 2.75) is 116 Å². The Balaban J connectivity index is 0.000000999. The maximum absolute atomic E-state index is 12.1. The van der Waals surface area contributed by atoms with Crippen molar-refractivity contribution in [3.63, 3.8) is 0 Å². The van der Waals surface area contributed by atoms with E-state index in [2.05, 4.69) is 12.2 Å². The summed E-state index contributed by atoms with van der Waals surface area (Å²) in [6, 6.07) is -0.530. The summed E-state index contributed by atoms with van der Waals surface area (Å²) in [6.07, 6.45) is 13.7. The zero-order valence-electron chi connectivity index (χ0n) is 21.3. The zero-order chi connectivity index (χ0) is 25.6. The Morgan fingerprint density at radius 1 is 1.00 bits per heavy atom. The smallest absolute Gasteiger partial charge is 0.414 e. The van der Waals surface area contributed by atoms with E-state index in [0.717, 1.165) is 30.6 Å². The van der Waals surface area contributed by atoms with Gasteiger partial charge in [-0.1, -0.05) is 58.3 Å². The fraction of sp³-hybridized carbons (Fsp3) is 0.840. The van der Waals surface area contributed by atoms with Crippen LogP contribution < -0.4 is 11.1 Å². The van der Waals surface area contributed by atoms with Crippen LogP contribution in [0.5, 0.6) is 0 Å². The number of ether oxygens (including phenoxy) is 1. The third-order valence-corrected chi connectivity index (χ3v) is 5.66. The van der Waals surface area contributed by atoms with Gasteiger partial charge in [0.2, 0.25) is 11.8 Å². The fourth-order valence-electron chi connectivity index (χ4n) is 3.70. The minimum absolute atomic E-state index is 0.0475. The van der Waals surface area contributed by atoms with Crippen LogP contribution in [0, 0.1) is 0 Å². The van der Waals surface area contributed by atoms with Crippen molar-refractivity contribution in [3.05, 3.63) is 0 Å². The number of amides is 3. The number of carboxylic acid groups (broad SMARTS) is 1. The van der Waals surface area contributed by atoms with E-state index in [9.17, 15) is 19.2 Å². The predicted octanol–water partition coefficient (Wildman–Crippen LogP) is 4.37. The highest BCUT2D eigenvalue weighted by Gasteiger charge is 2.25. The molecule has 9 heteroatoms. The monoisotopic (exact) mass is 485 g/mol. The van der Waals surface area contributed by atoms with E-state index in [1.165, 1.54) is 44.9 Å². The summed E-state index contributed by atoms with van der Waals surface area (Å²) in [7, 11) is 0. The fourth-order valence-corrected chi connectivity index (χ4v) is 3.70. The van der Waals surface area contributed by atoms with Crippen LogP contribution in [0.3, 0.4) is 0 Å². The second-order valence-corrected chi connectivity index (χ2v) is 8.67. The van der Waals surface area contributed by atoms with Gasteiger partial charge in [-0.05, 0) is 45.6 Å². The number of carbonyl (C=O) groups excluding carboxylic acids is 3. The van der Waals surface area contributed by atoms with E-state index >= 15 is 0 Å². The number of nitrogens with zero attached hydrogens (tertiary/aromatic N) is 1. The third kappa shape index (κ3) is 16.5. The van der Waals surface area contributed by atoms with Crippen molar-refractivity contribution in [2.75, 3.05) is 19.7 Å². The largest absolute Gasteiger partial charge is 0.465 e. The van der Waals surface area contributed by atoms with Gasteiger partial charge in [-0.25, -0.2) is 14.5 Å². The van der Waals surface area contributed by atoms with Crippen molar-refractivity contribution in [3.8, 4) is 0 Å². The molecule has 1 aliphatic heterocycles. The first kappa shape index (κ1) is 31.8. The number of hydrogen-bond acceptors (Lipinski definition) is 6. The van der Waals surface area contributed by atoms with Gasteiger partial charge in [0.1, 0.15) is 6.04 Å². The second-order valence-electron chi connectivity index (χ2n) is 8.67. The number of nitrogens with one attached hydrogen (secondary N) is 1. The van der Waals surface area contributed by atoms with E-state index in [4.69, 9.17) is 15.6 Å². The maximum atomic E-state index is 12.1. The van der Waals surface area contributed by atoms with Crippen LogP contribution in [0.4, 0.5) is 4.79 Å². The SMILES string of the molecule is CCCCCCCCCCCC(=O)N[C@@H](CCCCN)C(=O)OCC.O=C(O)N1CCCC1=O. The van der Waals surface area contributed by atoms with E-state index < -0.39 is 12.1 Å². The van der Waals surface area contributed by atoms with Crippen LogP contribution in [-0.4, -0.2) is 59.6 Å². The quantitative estimate of drug-likeness (QED) is 0.205. The van der Waals surface area contributed by atoms with E-state index in [0.29, 0.717) is 45.4 Å². The number of imide groups is 1. The number of rotatable bonds is 17. The molecule has 1 atom stereocenters. The molecular formula is C25H47N3O6. The summed E-state index contributed by atoms with van der Waals surface area (Å²) in [6.45, 7) is 5.31. The van der Waals surface area contributed by atoms with Crippen molar-refractivity contribution in [1.29, 1.82) is 0 Å². The van der Waals surface area contributed by atoms with Gasteiger partial charge in [-0.3, -0.25) is 9.59 Å². The van der Waals surface area contributed by atoms with Crippen molar-refractivity contribution >= 4 is 23.9 Å². The molecular weight excluding hydrogens is 438 g/mol. The first-order chi connectivity index (χ1) is 16.4. The summed E-state index contributed by atoms with van der Waals surface area (Å²) in [5, 5.41) is 11.1. The Bertz CT molecular complexity index is 585. The first-order valence-electron chi connectivity index (χ1n) is 13.1. The van der Waals surface area contributed by atoms with Gasteiger partial charge in [-0.2, -0.15) is 0 Å². The van der Waals surface area contributed by atoms with E-state index in [1.54, 1.807) is 6.92 Å². The Hall–Kier alpha value is -2.16. The molecule has 0 unspecified atom stereocenters. The molecule has 0 aromatic carbocycles. The molecule has 1 rings (SSSR count). The molecule has 0 bridgehead atoms. The lowest BCUT2D eigenvalue weighted by Gasteiger charge is -2.17. The Morgan fingerprint density at radius 2 is 1.62 bits per heavy atom. The third-order valence-electron chi connectivity index (χ3n) is 5.66. The zero-order valence-corrected chi connectivity index (χ0v) is 21.3. The minimum atomic E-state index is -1.13. The summed E-state index contributed by atoms with van der Waals surface area (Å²) in [5.74, 6) is -0.656. The molecule has 1 fully saturated rings.